The van der Waals surface area contributed by atoms with Crippen LogP contribution in [0.2, 0.25) is 0 Å². The van der Waals surface area contributed by atoms with E-state index in [-0.39, 0.29) is 0 Å². The second-order valence-electron chi connectivity index (χ2n) is 0.980. The van der Waals surface area contributed by atoms with Gasteiger partial charge in [0.05, 0.1) is 5.09 Å². The summed E-state index contributed by atoms with van der Waals surface area (Å²) in [6, 6.07) is 0. The molecule has 0 fully saturated rings. The Morgan fingerprint density at radius 3 is 0.643 bits per heavy atom. The van der Waals surface area contributed by atoms with E-state index in [9.17, 15) is 0 Å². The highest BCUT2D eigenvalue weighted by Crippen LogP contribution is 1.50. The van der Waals surface area contributed by atoms with Gasteiger partial charge in [0, 0.05) is 0 Å². The summed E-state index contributed by atoms with van der Waals surface area (Å²) in [5.74, 6) is 0. The standard InChI is InChI=1S/2ClHO4.NO3/c2*2-1(3,4)5;2-1(3)4/h2*(H,2,3,4,5);/q;;-1/p-2. The molecule has 0 heterocycles. The molecule has 0 saturated carbocycles. The Hall–Kier alpha value is -0.540. The van der Waals surface area contributed by atoms with Gasteiger partial charge in [-0.3, -0.25) is 0 Å². The molecule has 0 atom stereocenters. The number of nitrogens with zero attached hydrogens (tertiary/aromatic N) is 1. The number of rotatable bonds is 0. The normalized spacial score (nSPS) is 10.3. The zero-order chi connectivity index (χ0) is 12.6. The maximum Gasteiger partial charge on any atom is 0.0689 e. The molecule has 0 amide bonds. The van der Waals surface area contributed by atoms with Gasteiger partial charge in [-0.2, -0.15) is 0 Å². The first kappa shape index (κ1) is 19.1. The van der Waals surface area contributed by atoms with Gasteiger partial charge in [-0.15, -0.1) is 20.5 Å². The number of hydrogen-bond donors (Lipinski definition) is 0. The first-order valence-electron chi connectivity index (χ1n) is 1.78. The molecule has 0 spiro atoms. The minimum atomic E-state index is -4.94. The molecule has 0 aliphatic rings. The van der Waals surface area contributed by atoms with Gasteiger partial charge in [0.15, 0.2) is 0 Å². The van der Waals surface area contributed by atoms with Crippen molar-refractivity contribution in [2.24, 2.45) is 0 Å². The van der Waals surface area contributed by atoms with Gasteiger partial charge >= 0.3 is 0 Å². The van der Waals surface area contributed by atoms with E-state index in [4.69, 9.17) is 52.6 Å². The van der Waals surface area contributed by atoms with Gasteiger partial charge in [-0.25, -0.2) is 37.3 Å². The van der Waals surface area contributed by atoms with Crippen molar-refractivity contribution < 1.29 is 62.8 Å². The van der Waals surface area contributed by atoms with Crippen LogP contribution < -0.4 is 37.3 Å². The van der Waals surface area contributed by atoms with Gasteiger partial charge in [0.1, 0.15) is 0 Å². The Morgan fingerprint density at radius 1 is 0.643 bits per heavy atom. The quantitative estimate of drug-likeness (QED) is 0.292. The summed E-state index contributed by atoms with van der Waals surface area (Å²) in [5, 5.41) is 14.8. The minimum absolute atomic E-state index is 1.75. The molecule has 0 rings (SSSR count). The summed E-state index contributed by atoms with van der Waals surface area (Å²) in [7, 11) is -9.89. The molecule has 0 aliphatic heterocycles. The van der Waals surface area contributed by atoms with Crippen molar-refractivity contribution in [3.05, 3.63) is 15.3 Å². The first-order chi connectivity index (χ1) is 5.73. The molecule has 14 heavy (non-hydrogen) atoms. The van der Waals surface area contributed by atoms with Crippen molar-refractivity contribution in [1.82, 2.24) is 0 Å². The van der Waals surface area contributed by atoms with Crippen LogP contribution in [0.15, 0.2) is 0 Å². The summed E-state index contributed by atoms with van der Waals surface area (Å²) >= 11 is 0. The van der Waals surface area contributed by atoms with Crippen LogP contribution in [0, 0.1) is 35.8 Å². The van der Waals surface area contributed by atoms with Gasteiger partial charge in [-0.1, -0.05) is 0 Å². The summed E-state index contributed by atoms with van der Waals surface area (Å²) in [6.07, 6.45) is 0. The summed E-state index contributed by atoms with van der Waals surface area (Å²) in [4.78, 5) is 8.25. The Morgan fingerprint density at radius 2 is 0.643 bits per heavy atom. The smallest absolute Gasteiger partial charge is 0.0689 e. The lowest BCUT2D eigenvalue weighted by molar-refractivity contribution is -2.00. The van der Waals surface area contributed by atoms with Crippen molar-refractivity contribution in [3.63, 3.8) is 0 Å². The van der Waals surface area contributed by atoms with Crippen molar-refractivity contribution >= 4 is 0 Å². The van der Waals surface area contributed by atoms with E-state index in [1.165, 1.54) is 0 Å². The monoisotopic (exact) mass is 260 g/mol. The van der Waals surface area contributed by atoms with E-state index in [1.807, 2.05) is 0 Å². The third-order valence-electron chi connectivity index (χ3n) is 0. The zero-order valence-electron chi connectivity index (χ0n) is 5.69. The highest BCUT2D eigenvalue weighted by atomic mass is 35.7. The molecule has 0 aliphatic carbocycles. The molecule has 12 nitrogen and oxygen atoms in total. The van der Waals surface area contributed by atoms with Crippen LogP contribution in [-0.2, 0) is 0 Å². The van der Waals surface area contributed by atoms with Crippen LogP contribution >= 0.6 is 0 Å². The maximum absolute atomic E-state index is 8.49. The van der Waals surface area contributed by atoms with Crippen LogP contribution in [-0.4, -0.2) is 5.09 Å². The topological polar surface area (TPSA) is 251 Å². The summed E-state index contributed by atoms with van der Waals surface area (Å²) in [5.41, 5.74) is 0. The fourth-order valence-electron chi connectivity index (χ4n) is 0. The second kappa shape index (κ2) is 7.83. The van der Waals surface area contributed by atoms with E-state index in [0.717, 1.165) is 0 Å². The van der Waals surface area contributed by atoms with Crippen molar-refractivity contribution in [2.45, 2.75) is 0 Å². The molecular formula is Cl2NO11-3. The van der Waals surface area contributed by atoms with E-state index >= 15 is 0 Å². The Bertz CT molecular complexity index is 112. The summed E-state index contributed by atoms with van der Waals surface area (Å²) < 4.78 is 67.9. The highest BCUT2D eigenvalue weighted by molar-refractivity contribution is 4.03. The van der Waals surface area contributed by atoms with Gasteiger partial charge in [0.25, 0.3) is 0 Å². The fraction of sp³-hybridized carbons (Fsp3) is 0. The van der Waals surface area contributed by atoms with Gasteiger partial charge in [0.2, 0.25) is 0 Å². The highest BCUT2D eigenvalue weighted by Gasteiger charge is 1.84. The SMILES string of the molecule is O=[N+]([O-])[O-].[O-][Cl+3]([O-])([O-])[O-].[O-][Cl+3]([O-])([O-])[O-]. The van der Waals surface area contributed by atoms with E-state index in [2.05, 4.69) is 0 Å². The van der Waals surface area contributed by atoms with Gasteiger partial charge in [-0.05, 0) is 0 Å². The van der Waals surface area contributed by atoms with Crippen molar-refractivity contribution in [1.29, 1.82) is 0 Å². The average molecular weight is 261 g/mol. The van der Waals surface area contributed by atoms with Crippen LogP contribution in [0.25, 0.3) is 0 Å². The predicted octanol–water partition coefficient (Wildman–Crippen LogP) is -9.75. The maximum atomic E-state index is 8.49. The predicted molar refractivity (Wildman–Crippen MR) is 10.4 cm³/mol. The molecule has 14 heteroatoms. The zero-order valence-corrected chi connectivity index (χ0v) is 7.21. The molecule has 88 valence electrons. The number of hydrogen-bond acceptors (Lipinski definition) is 11. The van der Waals surface area contributed by atoms with Crippen molar-refractivity contribution in [2.75, 3.05) is 0 Å². The molecule has 0 N–H and O–H groups in total. The second-order valence-corrected chi connectivity index (χ2v) is 2.49. The van der Waals surface area contributed by atoms with Gasteiger partial charge < -0.3 is 15.3 Å². The largest absolute Gasteiger partial charge is 0.356 e. The van der Waals surface area contributed by atoms with Crippen LogP contribution in [0.3, 0.4) is 0 Å². The lowest BCUT2D eigenvalue weighted by atomic mass is 13.1. The first-order valence-corrected chi connectivity index (χ1v) is 4.25. The third-order valence-corrected chi connectivity index (χ3v) is 0. The molecule has 0 bridgehead atoms. The van der Waals surface area contributed by atoms with Crippen molar-refractivity contribution in [3.8, 4) is 0 Å². The van der Waals surface area contributed by atoms with E-state index in [1.54, 1.807) is 0 Å². The Balaban J connectivity index is -0.000000131. The Kier molecular flexibility index (Phi) is 10.7. The van der Waals surface area contributed by atoms with E-state index < -0.39 is 25.6 Å². The molecule has 0 unspecified atom stereocenters. The molecule has 0 saturated heterocycles. The third kappa shape index (κ3) is 4300. The van der Waals surface area contributed by atoms with E-state index in [0.29, 0.717) is 0 Å². The lowest BCUT2D eigenvalue weighted by Gasteiger charge is -2.17. The molecule has 0 aromatic rings. The number of halogens is 2. The molecule has 0 radical (unpaired) electrons. The minimum Gasteiger partial charge on any atom is -0.356 e. The molecule has 0 aromatic heterocycles. The Labute approximate surface area is 79.1 Å². The summed E-state index contributed by atoms with van der Waals surface area (Å²) in [6.45, 7) is 0. The lowest BCUT2D eigenvalue weighted by Crippen LogP contribution is -2.68. The fourth-order valence-corrected chi connectivity index (χ4v) is 0. The average Bonchev–Trinajstić information content (AvgIpc) is 1.45. The molecule has 0 aromatic carbocycles. The van der Waals surface area contributed by atoms with Crippen LogP contribution in [0.4, 0.5) is 0 Å². The molecular weight excluding hydrogens is 261 g/mol. The van der Waals surface area contributed by atoms with Crippen LogP contribution in [0.1, 0.15) is 0 Å². The van der Waals surface area contributed by atoms with Crippen LogP contribution in [0.5, 0.6) is 0 Å².